The molecule has 2 aromatic rings. The monoisotopic (exact) mass is 408 g/mol. The molecule has 7 heteroatoms. The van der Waals surface area contributed by atoms with Gasteiger partial charge in [-0.1, -0.05) is 17.7 Å². The van der Waals surface area contributed by atoms with Crippen molar-refractivity contribution in [3.8, 4) is 0 Å². The summed E-state index contributed by atoms with van der Waals surface area (Å²) in [6.45, 7) is 3.41. The van der Waals surface area contributed by atoms with Crippen LogP contribution in [0.1, 0.15) is 24.8 Å². The number of carbonyl (C=O) groups is 3. The van der Waals surface area contributed by atoms with Crippen LogP contribution in [-0.4, -0.2) is 49.3 Å². The molecule has 3 amide bonds. The first kappa shape index (κ1) is 21.5. The lowest BCUT2D eigenvalue weighted by atomic mass is 10.2. The SMILES string of the molecule is Cc1ccc(NC(=O)CN(C)CCC(=O)Nc2ccc(N3CCCC3=O)cc2)cc1. The summed E-state index contributed by atoms with van der Waals surface area (Å²) in [5, 5.41) is 5.70. The van der Waals surface area contributed by atoms with Crippen LogP contribution < -0.4 is 15.5 Å². The normalized spacial score (nSPS) is 13.6. The molecule has 158 valence electrons. The van der Waals surface area contributed by atoms with E-state index in [0.717, 1.165) is 29.9 Å². The predicted molar refractivity (Wildman–Crippen MR) is 119 cm³/mol. The van der Waals surface area contributed by atoms with Gasteiger partial charge in [0.1, 0.15) is 0 Å². The average Bonchev–Trinajstić information content (AvgIpc) is 3.14. The molecule has 0 atom stereocenters. The molecule has 0 radical (unpaired) electrons. The van der Waals surface area contributed by atoms with E-state index < -0.39 is 0 Å². The average molecular weight is 409 g/mol. The number of carbonyl (C=O) groups excluding carboxylic acids is 3. The Kier molecular flexibility index (Phi) is 7.19. The van der Waals surface area contributed by atoms with Crippen LogP contribution in [0.4, 0.5) is 17.1 Å². The maximum absolute atomic E-state index is 12.2. The van der Waals surface area contributed by atoms with Gasteiger partial charge in [0.15, 0.2) is 0 Å². The fourth-order valence-electron chi connectivity index (χ4n) is 3.32. The summed E-state index contributed by atoms with van der Waals surface area (Å²) in [6.07, 6.45) is 1.75. The number of hydrogen-bond donors (Lipinski definition) is 2. The minimum atomic E-state index is -0.120. The minimum Gasteiger partial charge on any atom is -0.326 e. The van der Waals surface area contributed by atoms with E-state index >= 15 is 0 Å². The van der Waals surface area contributed by atoms with Gasteiger partial charge in [-0.2, -0.15) is 0 Å². The second kappa shape index (κ2) is 10.0. The highest BCUT2D eigenvalue weighted by Crippen LogP contribution is 2.23. The van der Waals surface area contributed by atoms with Crippen molar-refractivity contribution < 1.29 is 14.4 Å². The van der Waals surface area contributed by atoms with E-state index in [2.05, 4.69) is 10.6 Å². The van der Waals surface area contributed by atoms with Gasteiger partial charge in [0.25, 0.3) is 0 Å². The highest BCUT2D eigenvalue weighted by Gasteiger charge is 2.21. The first-order valence-corrected chi connectivity index (χ1v) is 10.2. The van der Waals surface area contributed by atoms with Gasteiger partial charge >= 0.3 is 0 Å². The zero-order valence-electron chi connectivity index (χ0n) is 17.5. The van der Waals surface area contributed by atoms with Crippen LogP contribution >= 0.6 is 0 Å². The third kappa shape index (κ3) is 6.15. The molecule has 0 saturated carbocycles. The van der Waals surface area contributed by atoms with Gasteiger partial charge in [0.2, 0.25) is 17.7 Å². The topological polar surface area (TPSA) is 81.8 Å². The van der Waals surface area contributed by atoms with Crippen molar-refractivity contribution in [3.63, 3.8) is 0 Å². The lowest BCUT2D eigenvalue weighted by Gasteiger charge is -2.17. The van der Waals surface area contributed by atoms with Crippen LogP contribution in [0.2, 0.25) is 0 Å². The largest absolute Gasteiger partial charge is 0.326 e. The predicted octanol–water partition coefficient (Wildman–Crippen LogP) is 3.02. The van der Waals surface area contributed by atoms with Crippen LogP contribution in [0.15, 0.2) is 48.5 Å². The number of anilines is 3. The van der Waals surface area contributed by atoms with Crippen LogP contribution in [-0.2, 0) is 14.4 Å². The molecular formula is C23H28N4O3. The fraction of sp³-hybridized carbons (Fsp3) is 0.348. The Hall–Kier alpha value is -3.19. The van der Waals surface area contributed by atoms with Crippen molar-refractivity contribution in [1.82, 2.24) is 4.90 Å². The number of nitrogens with one attached hydrogen (secondary N) is 2. The molecule has 0 aromatic heterocycles. The van der Waals surface area contributed by atoms with E-state index in [9.17, 15) is 14.4 Å². The van der Waals surface area contributed by atoms with Crippen LogP contribution in [0.3, 0.4) is 0 Å². The van der Waals surface area contributed by atoms with Crippen molar-refractivity contribution in [3.05, 3.63) is 54.1 Å². The number of amides is 3. The summed E-state index contributed by atoms with van der Waals surface area (Å²) in [4.78, 5) is 39.7. The van der Waals surface area contributed by atoms with Gasteiger partial charge in [0.05, 0.1) is 6.54 Å². The van der Waals surface area contributed by atoms with Gasteiger partial charge in [0, 0.05) is 43.0 Å². The number of benzene rings is 2. The van der Waals surface area contributed by atoms with E-state index in [1.54, 1.807) is 17.0 Å². The lowest BCUT2D eigenvalue weighted by molar-refractivity contribution is -0.119. The highest BCUT2D eigenvalue weighted by atomic mass is 16.2. The second-order valence-electron chi connectivity index (χ2n) is 7.65. The van der Waals surface area contributed by atoms with Crippen LogP contribution in [0, 0.1) is 6.92 Å². The Balaban J connectivity index is 1.39. The number of nitrogens with zero attached hydrogens (tertiary/aromatic N) is 2. The number of aryl methyl sites for hydroxylation is 1. The first-order valence-electron chi connectivity index (χ1n) is 10.2. The number of rotatable bonds is 8. The zero-order valence-corrected chi connectivity index (χ0v) is 17.5. The first-order chi connectivity index (χ1) is 14.4. The summed E-state index contributed by atoms with van der Waals surface area (Å²) >= 11 is 0. The van der Waals surface area contributed by atoms with Crippen molar-refractivity contribution in [1.29, 1.82) is 0 Å². The Morgan fingerprint density at radius 2 is 1.57 bits per heavy atom. The standard InChI is InChI=1S/C23H28N4O3/c1-17-5-7-18(8-6-17)25-22(29)16-26(2)15-13-21(28)24-19-9-11-20(12-10-19)27-14-3-4-23(27)30/h5-12H,3-4,13-16H2,1-2H3,(H,24,28)(H,25,29). The minimum absolute atomic E-state index is 0.117. The molecule has 2 aromatic carbocycles. The Morgan fingerprint density at radius 1 is 0.967 bits per heavy atom. The molecule has 1 saturated heterocycles. The molecule has 7 nitrogen and oxygen atoms in total. The van der Waals surface area contributed by atoms with Crippen molar-refractivity contribution >= 4 is 34.8 Å². The van der Waals surface area contributed by atoms with Gasteiger partial charge in [-0.15, -0.1) is 0 Å². The van der Waals surface area contributed by atoms with E-state index in [1.165, 1.54) is 0 Å². The molecule has 30 heavy (non-hydrogen) atoms. The van der Waals surface area contributed by atoms with Gasteiger partial charge < -0.3 is 15.5 Å². The third-order valence-electron chi connectivity index (χ3n) is 5.01. The summed E-state index contributed by atoms with van der Waals surface area (Å²) in [5.41, 5.74) is 3.44. The zero-order chi connectivity index (χ0) is 21.5. The highest BCUT2D eigenvalue weighted by molar-refractivity contribution is 5.96. The molecule has 3 rings (SSSR count). The van der Waals surface area contributed by atoms with Crippen molar-refractivity contribution in [2.45, 2.75) is 26.2 Å². The van der Waals surface area contributed by atoms with E-state index in [1.807, 2.05) is 55.3 Å². The smallest absolute Gasteiger partial charge is 0.238 e. The molecule has 1 fully saturated rings. The second-order valence-corrected chi connectivity index (χ2v) is 7.65. The van der Waals surface area contributed by atoms with E-state index in [4.69, 9.17) is 0 Å². The molecule has 0 bridgehead atoms. The fourth-order valence-corrected chi connectivity index (χ4v) is 3.32. The van der Waals surface area contributed by atoms with Crippen LogP contribution in [0.25, 0.3) is 0 Å². The van der Waals surface area contributed by atoms with Gasteiger partial charge in [-0.25, -0.2) is 0 Å². The van der Waals surface area contributed by atoms with E-state index in [0.29, 0.717) is 18.7 Å². The summed E-state index contributed by atoms with van der Waals surface area (Å²) in [7, 11) is 1.81. The molecule has 1 aliphatic rings. The maximum Gasteiger partial charge on any atom is 0.238 e. The van der Waals surface area contributed by atoms with Gasteiger partial charge in [-0.3, -0.25) is 19.3 Å². The van der Waals surface area contributed by atoms with Crippen LogP contribution in [0.5, 0.6) is 0 Å². The molecule has 0 aliphatic carbocycles. The number of hydrogen-bond acceptors (Lipinski definition) is 4. The lowest BCUT2D eigenvalue weighted by Crippen LogP contribution is -2.32. The Labute approximate surface area is 177 Å². The maximum atomic E-state index is 12.2. The van der Waals surface area contributed by atoms with Gasteiger partial charge in [-0.05, 0) is 56.8 Å². The third-order valence-corrected chi connectivity index (χ3v) is 5.01. The molecule has 2 N–H and O–H groups in total. The van der Waals surface area contributed by atoms with E-state index in [-0.39, 0.29) is 30.7 Å². The van der Waals surface area contributed by atoms with Crippen molar-refractivity contribution in [2.75, 3.05) is 42.2 Å². The molecular weight excluding hydrogens is 380 g/mol. The Bertz CT molecular complexity index is 894. The molecule has 1 aliphatic heterocycles. The quantitative estimate of drug-likeness (QED) is 0.704. The molecule has 0 spiro atoms. The Morgan fingerprint density at radius 3 is 2.17 bits per heavy atom. The summed E-state index contributed by atoms with van der Waals surface area (Å²) in [6, 6.07) is 14.9. The summed E-state index contributed by atoms with van der Waals surface area (Å²) in [5.74, 6) is -0.0964. The van der Waals surface area contributed by atoms with Crippen molar-refractivity contribution in [2.24, 2.45) is 0 Å². The molecule has 0 unspecified atom stereocenters. The molecule has 1 heterocycles. The number of likely N-dealkylation sites (N-methyl/N-ethyl adjacent to an activating group) is 1. The summed E-state index contributed by atoms with van der Waals surface area (Å²) < 4.78 is 0.